The Morgan fingerprint density at radius 2 is 1.30 bits per heavy atom. The van der Waals surface area contributed by atoms with Gasteiger partial charge in [-0.2, -0.15) is 0 Å². The van der Waals surface area contributed by atoms with Crippen LogP contribution in [-0.2, 0) is 9.59 Å². The normalized spacial score (nSPS) is 10.3. The predicted molar refractivity (Wildman–Crippen MR) is 123 cm³/mol. The van der Waals surface area contributed by atoms with Gasteiger partial charge in [0.15, 0.2) is 0 Å². The molecule has 0 spiro atoms. The van der Waals surface area contributed by atoms with Gasteiger partial charge >= 0.3 is 0 Å². The maximum Gasteiger partial charge on any atom is 0.243 e. The topological polar surface area (TPSA) is 79.5 Å². The zero-order chi connectivity index (χ0) is 21.6. The van der Waals surface area contributed by atoms with E-state index < -0.39 is 0 Å². The number of amides is 2. The van der Waals surface area contributed by atoms with Crippen molar-refractivity contribution in [3.05, 3.63) is 48.5 Å². The van der Waals surface area contributed by atoms with Gasteiger partial charge < -0.3 is 20.7 Å². The van der Waals surface area contributed by atoms with Crippen molar-refractivity contribution in [2.24, 2.45) is 0 Å². The van der Waals surface area contributed by atoms with Crippen molar-refractivity contribution in [1.82, 2.24) is 0 Å². The first-order chi connectivity index (χ1) is 14.6. The van der Waals surface area contributed by atoms with Crippen LogP contribution in [0.5, 0.6) is 5.75 Å². The lowest BCUT2D eigenvalue weighted by atomic mass is 10.2. The minimum absolute atomic E-state index is 0.0422. The summed E-state index contributed by atoms with van der Waals surface area (Å²) in [6.07, 6.45) is 6.51. The van der Waals surface area contributed by atoms with Crippen molar-refractivity contribution in [2.45, 2.75) is 52.4 Å². The molecule has 6 nitrogen and oxygen atoms in total. The van der Waals surface area contributed by atoms with E-state index in [0.717, 1.165) is 24.5 Å². The standard InChI is InChI=1S/C24H33N3O3/c1-3-5-6-7-8-17-30-22-15-13-19(14-16-22)25-18-24(29)27-21-11-9-20(10-12-21)26-23(28)4-2/h9-16,25H,3-8,17-18H2,1-2H3,(H,26,28)(H,27,29). The quantitative estimate of drug-likeness (QED) is 0.384. The van der Waals surface area contributed by atoms with E-state index in [1.165, 1.54) is 25.7 Å². The van der Waals surface area contributed by atoms with E-state index in [9.17, 15) is 9.59 Å². The van der Waals surface area contributed by atoms with E-state index in [-0.39, 0.29) is 18.4 Å². The van der Waals surface area contributed by atoms with Crippen molar-refractivity contribution in [3.63, 3.8) is 0 Å². The smallest absolute Gasteiger partial charge is 0.243 e. The number of rotatable bonds is 13. The lowest BCUT2D eigenvalue weighted by Crippen LogP contribution is -2.21. The summed E-state index contributed by atoms with van der Waals surface area (Å²) in [5.41, 5.74) is 2.25. The first kappa shape index (κ1) is 23.3. The highest BCUT2D eigenvalue weighted by Gasteiger charge is 2.04. The fraction of sp³-hybridized carbons (Fsp3) is 0.417. The average molecular weight is 412 g/mol. The molecule has 0 aliphatic rings. The second-order valence-corrected chi connectivity index (χ2v) is 7.17. The molecule has 0 fully saturated rings. The molecule has 0 unspecified atom stereocenters. The van der Waals surface area contributed by atoms with Crippen LogP contribution >= 0.6 is 0 Å². The third-order valence-corrected chi connectivity index (χ3v) is 4.60. The molecular formula is C24H33N3O3. The Hall–Kier alpha value is -3.02. The first-order valence-corrected chi connectivity index (χ1v) is 10.8. The summed E-state index contributed by atoms with van der Waals surface area (Å²) in [6, 6.07) is 14.7. The Balaban J connectivity index is 1.68. The van der Waals surface area contributed by atoms with Gasteiger partial charge in [-0.15, -0.1) is 0 Å². The molecule has 30 heavy (non-hydrogen) atoms. The fourth-order valence-corrected chi connectivity index (χ4v) is 2.84. The largest absolute Gasteiger partial charge is 0.494 e. The second kappa shape index (κ2) is 13.2. The summed E-state index contributed by atoms with van der Waals surface area (Å²) in [7, 11) is 0. The molecular weight excluding hydrogens is 378 g/mol. The summed E-state index contributed by atoms with van der Waals surface area (Å²) in [4.78, 5) is 23.5. The third-order valence-electron chi connectivity index (χ3n) is 4.60. The zero-order valence-electron chi connectivity index (χ0n) is 18.0. The SMILES string of the molecule is CCCCCCCOc1ccc(NCC(=O)Nc2ccc(NC(=O)CC)cc2)cc1. The summed E-state index contributed by atoms with van der Waals surface area (Å²) < 4.78 is 5.75. The number of ether oxygens (including phenoxy) is 1. The molecule has 2 aromatic carbocycles. The van der Waals surface area contributed by atoms with Crippen LogP contribution in [-0.4, -0.2) is 25.0 Å². The molecule has 3 N–H and O–H groups in total. The van der Waals surface area contributed by atoms with Gasteiger partial charge in [-0.25, -0.2) is 0 Å². The van der Waals surface area contributed by atoms with Gasteiger partial charge in [0, 0.05) is 23.5 Å². The molecule has 0 saturated heterocycles. The minimum Gasteiger partial charge on any atom is -0.494 e. The average Bonchev–Trinajstić information content (AvgIpc) is 2.77. The first-order valence-electron chi connectivity index (χ1n) is 10.8. The molecule has 0 saturated carbocycles. The van der Waals surface area contributed by atoms with Crippen LogP contribution in [0.2, 0.25) is 0 Å². The van der Waals surface area contributed by atoms with Gasteiger partial charge in [-0.3, -0.25) is 9.59 Å². The zero-order valence-corrected chi connectivity index (χ0v) is 18.0. The summed E-state index contributed by atoms with van der Waals surface area (Å²) in [6.45, 7) is 4.90. The van der Waals surface area contributed by atoms with E-state index in [4.69, 9.17) is 4.74 Å². The highest BCUT2D eigenvalue weighted by atomic mass is 16.5. The van der Waals surface area contributed by atoms with Crippen molar-refractivity contribution in [3.8, 4) is 5.75 Å². The number of carbonyl (C=O) groups is 2. The number of benzene rings is 2. The molecule has 0 aromatic heterocycles. The van der Waals surface area contributed by atoms with Crippen molar-refractivity contribution in [1.29, 1.82) is 0 Å². The molecule has 6 heteroatoms. The van der Waals surface area contributed by atoms with Crippen LogP contribution < -0.4 is 20.7 Å². The maximum atomic E-state index is 12.1. The van der Waals surface area contributed by atoms with Crippen LogP contribution in [0.1, 0.15) is 52.4 Å². The number of hydrogen-bond donors (Lipinski definition) is 3. The molecule has 0 aliphatic heterocycles. The Morgan fingerprint density at radius 1 is 0.733 bits per heavy atom. The molecule has 0 radical (unpaired) electrons. The number of carbonyl (C=O) groups excluding carboxylic acids is 2. The second-order valence-electron chi connectivity index (χ2n) is 7.17. The summed E-state index contributed by atoms with van der Waals surface area (Å²) in [5, 5.41) is 8.70. The number of unbranched alkanes of at least 4 members (excludes halogenated alkanes) is 4. The highest BCUT2D eigenvalue weighted by molar-refractivity contribution is 5.94. The van der Waals surface area contributed by atoms with E-state index in [2.05, 4.69) is 22.9 Å². The van der Waals surface area contributed by atoms with Crippen LogP contribution in [0, 0.1) is 0 Å². The number of nitrogens with one attached hydrogen (secondary N) is 3. The monoisotopic (exact) mass is 411 g/mol. The number of anilines is 3. The van der Waals surface area contributed by atoms with Gasteiger partial charge in [0.1, 0.15) is 5.75 Å². The Bertz CT molecular complexity index is 773. The van der Waals surface area contributed by atoms with E-state index in [1.807, 2.05) is 24.3 Å². The Morgan fingerprint density at radius 3 is 1.90 bits per heavy atom. The van der Waals surface area contributed by atoms with E-state index in [1.54, 1.807) is 31.2 Å². The van der Waals surface area contributed by atoms with Gasteiger partial charge in [-0.1, -0.05) is 39.5 Å². The van der Waals surface area contributed by atoms with Crippen molar-refractivity contribution >= 4 is 28.9 Å². The lowest BCUT2D eigenvalue weighted by molar-refractivity contribution is -0.116. The van der Waals surface area contributed by atoms with E-state index in [0.29, 0.717) is 17.8 Å². The summed E-state index contributed by atoms with van der Waals surface area (Å²) in [5.74, 6) is 0.655. The Labute approximate surface area is 179 Å². The molecule has 0 heterocycles. The highest BCUT2D eigenvalue weighted by Crippen LogP contribution is 2.17. The predicted octanol–water partition coefficient (Wildman–Crippen LogP) is 5.43. The van der Waals surface area contributed by atoms with Crippen molar-refractivity contribution in [2.75, 3.05) is 29.1 Å². The van der Waals surface area contributed by atoms with Gasteiger partial charge in [0.25, 0.3) is 0 Å². The van der Waals surface area contributed by atoms with Crippen molar-refractivity contribution < 1.29 is 14.3 Å². The molecule has 0 bridgehead atoms. The van der Waals surface area contributed by atoms with Gasteiger partial charge in [0.2, 0.25) is 11.8 Å². The van der Waals surface area contributed by atoms with Gasteiger partial charge in [-0.05, 0) is 55.0 Å². The molecule has 2 aromatic rings. The van der Waals surface area contributed by atoms with Gasteiger partial charge in [0.05, 0.1) is 13.2 Å². The third kappa shape index (κ3) is 8.99. The Kier molecular flexibility index (Phi) is 10.3. The number of hydrogen-bond acceptors (Lipinski definition) is 4. The molecule has 2 amide bonds. The minimum atomic E-state index is -0.146. The molecule has 2 rings (SSSR count). The van der Waals surface area contributed by atoms with Crippen LogP contribution in [0.25, 0.3) is 0 Å². The maximum absolute atomic E-state index is 12.1. The molecule has 0 atom stereocenters. The van der Waals surface area contributed by atoms with Crippen LogP contribution in [0.3, 0.4) is 0 Å². The van der Waals surface area contributed by atoms with Crippen LogP contribution in [0.4, 0.5) is 17.1 Å². The summed E-state index contributed by atoms with van der Waals surface area (Å²) >= 11 is 0. The molecule has 0 aliphatic carbocycles. The van der Waals surface area contributed by atoms with E-state index >= 15 is 0 Å². The van der Waals surface area contributed by atoms with Crippen LogP contribution in [0.15, 0.2) is 48.5 Å². The fourth-order valence-electron chi connectivity index (χ4n) is 2.84. The lowest BCUT2D eigenvalue weighted by Gasteiger charge is -2.10. The molecule has 162 valence electrons.